The Labute approximate surface area is 121 Å². The van der Waals surface area contributed by atoms with Crippen LogP contribution in [0.15, 0.2) is 87.0 Å². The average molecular weight is 287 g/mol. The van der Waals surface area contributed by atoms with Crippen LogP contribution >= 0.6 is 0 Å². The highest BCUT2D eigenvalue weighted by atomic mass is 16.3. The molecular weight excluding hydrogens is 270 g/mol. The van der Waals surface area contributed by atoms with Gasteiger partial charge in [0.05, 0.1) is 19.1 Å². The van der Waals surface area contributed by atoms with Crippen molar-refractivity contribution in [3.8, 4) is 0 Å². The van der Waals surface area contributed by atoms with E-state index >= 15 is 0 Å². The van der Waals surface area contributed by atoms with Gasteiger partial charge in [-0.2, -0.15) is 15.3 Å². The molecule has 0 aromatic carbocycles. The zero-order valence-electron chi connectivity index (χ0n) is 11.4. The van der Waals surface area contributed by atoms with Gasteiger partial charge in [0.1, 0.15) is 6.33 Å². The monoisotopic (exact) mass is 287 g/mol. The van der Waals surface area contributed by atoms with Crippen LogP contribution in [0.3, 0.4) is 0 Å². The molecule has 0 saturated heterocycles. The topological polar surface area (TPSA) is 99.4 Å². The van der Waals surface area contributed by atoms with Gasteiger partial charge in [-0.1, -0.05) is 24.3 Å². The van der Waals surface area contributed by atoms with Gasteiger partial charge in [0, 0.05) is 6.20 Å². The first-order valence-corrected chi connectivity index (χ1v) is 6.28. The molecule has 0 atom stereocenters. The third-order valence-corrected chi connectivity index (χ3v) is 1.95. The Bertz CT molecular complexity index is 529. The van der Waals surface area contributed by atoms with E-state index in [1.165, 1.54) is 6.33 Å². The van der Waals surface area contributed by atoms with E-state index in [1.807, 2.05) is 18.2 Å². The number of nitrogens with one attached hydrogen (secondary N) is 2. The summed E-state index contributed by atoms with van der Waals surface area (Å²) < 4.78 is 4.58. The van der Waals surface area contributed by atoms with Crippen LogP contribution in [0.1, 0.15) is 6.42 Å². The summed E-state index contributed by atoms with van der Waals surface area (Å²) in [6.07, 6.45) is 17.6. The maximum Gasteiger partial charge on any atom is 0.340 e. The highest BCUT2D eigenvalue weighted by molar-refractivity contribution is 5.11. The zero-order chi connectivity index (χ0) is 15.0. The first-order chi connectivity index (χ1) is 10.4. The number of hydrogen-bond acceptors (Lipinski definition) is 5. The molecule has 7 nitrogen and oxygen atoms in total. The second kappa shape index (κ2) is 12.1. The molecule has 2 N–H and O–H groups in total. The highest BCUT2D eigenvalue weighted by Gasteiger charge is 1.74. The molecule has 0 spiro atoms. The standard InChI is InChI=1S/C5H6.C4H4O.C3H4N2.C2H3N3O/c3*1-2-4-5-3-1;6-2-3-1-4-5-2/h1-4H,5H2;1-4H;1-2H,3H2;1H,(H2,3,4,5,6). The molecule has 0 unspecified atom stereocenters. The smallest absolute Gasteiger partial charge is 0.340 e. The van der Waals surface area contributed by atoms with Crippen LogP contribution in [0.25, 0.3) is 0 Å². The Morgan fingerprint density at radius 1 is 1.10 bits per heavy atom. The van der Waals surface area contributed by atoms with Gasteiger partial charge in [0.15, 0.2) is 0 Å². The summed E-state index contributed by atoms with van der Waals surface area (Å²) in [4.78, 5) is 12.2. The fourth-order valence-electron chi connectivity index (χ4n) is 1.07. The minimum Gasteiger partial charge on any atom is -0.473 e. The first-order valence-electron chi connectivity index (χ1n) is 6.28. The van der Waals surface area contributed by atoms with Gasteiger partial charge in [-0.3, -0.25) is 4.98 Å². The number of allylic oxidation sites excluding steroid dienone is 4. The molecule has 1 aliphatic carbocycles. The molecular formula is C14H17N5O2. The number of hydrogen-bond donors (Lipinski definition) is 2. The van der Waals surface area contributed by atoms with Crippen molar-refractivity contribution in [3.05, 3.63) is 78.1 Å². The van der Waals surface area contributed by atoms with E-state index in [9.17, 15) is 4.79 Å². The summed E-state index contributed by atoms with van der Waals surface area (Å²) in [5.41, 5.74) is -0.269. The van der Waals surface area contributed by atoms with Gasteiger partial charge in [-0.25, -0.2) is 9.89 Å². The predicted octanol–water partition coefficient (Wildman–Crippen LogP) is 2.85. The Morgan fingerprint density at radius 3 is 2.05 bits per heavy atom. The van der Waals surface area contributed by atoms with E-state index in [2.05, 4.69) is 54.1 Å². The summed E-state index contributed by atoms with van der Waals surface area (Å²) in [7, 11) is 0. The Morgan fingerprint density at radius 2 is 1.86 bits per heavy atom. The maximum absolute atomic E-state index is 9.90. The molecule has 0 bridgehead atoms. The first kappa shape index (κ1) is 16.1. The van der Waals surface area contributed by atoms with Crippen molar-refractivity contribution in [2.24, 2.45) is 10.2 Å². The molecule has 2 aliphatic rings. The number of nitrogens with zero attached hydrogens (tertiary/aromatic N) is 3. The summed E-state index contributed by atoms with van der Waals surface area (Å²) in [5.74, 6) is 0. The van der Waals surface area contributed by atoms with E-state index in [-0.39, 0.29) is 5.69 Å². The van der Waals surface area contributed by atoms with Crippen LogP contribution < -0.4 is 5.69 Å². The van der Waals surface area contributed by atoms with Gasteiger partial charge in [0.2, 0.25) is 0 Å². The van der Waals surface area contributed by atoms with Crippen LogP contribution in [0, 0.1) is 0 Å². The van der Waals surface area contributed by atoms with Gasteiger partial charge >= 0.3 is 5.69 Å². The van der Waals surface area contributed by atoms with E-state index in [1.54, 1.807) is 18.7 Å². The van der Waals surface area contributed by atoms with Crippen LogP contribution in [0.2, 0.25) is 0 Å². The molecule has 0 fully saturated rings. The normalized spacial score (nSPS) is 12.8. The molecule has 7 heteroatoms. The van der Waals surface area contributed by atoms with Gasteiger partial charge < -0.3 is 4.42 Å². The molecule has 1 aliphatic heterocycles. The van der Waals surface area contributed by atoms with Crippen LogP contribution in [-0.2, 0) is 0 Å². The third kappa shape index (κ3) is 10.6. The molecule has 0 amide bonds. The van der Waals surface area contributed by atoms with Gasteiger partial charge in [-0.05, 0) is 24.6 Å². The Hall–Kier alpha value is -2.96. The zero-order valence-corrected chi connectivity index (χ0v) is 11.4. The van der Waals surface area contributed by atoms with E-state index < -0.39 is 0 Å². The lowest BCUT2D eigenvalue weighted by atomic mass is 10.5. The second-order valence-corrected chi connectivity index (χ2v) is 3.55. The van der Waals surface area contributed by atoms with Crippen molar-refractivity contribution in [2.75, 3.05) is 6.54 Å². The molecule has 2 aromatic rings. The predicted molar refractivity (Wildman–Crippen MR) is 79.7 cm³/mol. The molecule has 3 heterocycles. The van der Waals surface area contributed by atoms with Crippen molar-refractivity contribution in [1.82, 2.24) is 15.2 Å². The second-order valence-electron chi connectivity index (χ2n) is 3.55. The van der Waals surface area contributed by atoms with Crippen molar-refractivity contribution >= 4 is 0 Å². The maximum atomic E-state index is 9.90. The Balaban J connectivity index is 0.000000140. The van der Waals surface area contributed by atoms with Crippen molar-refractivity contribution in [3.63, 3.8) is 0 Å². The molecule has 4 rings (SSSR count). The molecule has 21 heavy (non-hydrogen) atoms. The van der Waals surface area contributed by atoms with Crippen molar-refractivity contribution in [2.45, 2.75) is 6.42 Å². The lowest BCUT2D eigenvalue weighted by molar-refractivity contribution is 0.567. The largest absolute Gasteiger partial charge is 0.473 e. The Kier molecular flexibility index (Phi) is 9.27. The summed E-state index contributed by atoms with van der Waals surface area (Å²) in [5, 5.41) is 12.6. The number of aromatic amines is 2. The van der Waals surface area contributed by atoms with Crippen LogP contribution in [0.5, 0.6) is 0 Å². The van der Waals surface area contributed by atoms with E-state index in [0.717, 1.165) is 13.0 Å². The number of furan rings is 1. The number of rotatable bonds is 0. The minimum absolute atomic E-state index is 0.269. The van der Waals surface area contributed by atoms with Crippen molar-refractivity contribution in [1.29, 1.82) is 0 Å². The summed E-state index contributed by atoms with van der Waals surface area (Å²) in [6, 6.07) is 3.67. The SMILES string of the molecule is C1=CCC=C1.C1=CN=NC1.O=c1[nH]cn[nH]1.c1ccoc1. The fraction of sp³-hybridized carbons (Fsp3) is 0.143. The molecule has 110 valence electrons. The quantitative estimate of drug-likeness (QED) is 0.779. The number of azo groups is 1. The van der Waals surface area contributed by atoms with Gasteiger partial charge in [-0.15, -0.1) is 0 Å². The lowest BCUT2D eigenvalue weighted by Gasteiger charge is -1.57. The number of H-pyrrole nitrogens is 2. The van der Waals surface area contributed by atoms with Crippen LogP contribution in [0.4, 0.5) is 0 Å². The third-order valence-electron chi connectivity index (χ3n) is 1.95. The average Bonchev–Trinajstić information content (AvgIpc) is 3.28. The van der Waals surface area contributed by atoms with Gasteiger partial charge in [0.25, 0.3) is 0 Å². The molecule has 0 saturated carbocycles. The molecule has 2 aromatic heterocycles. The number of aromatic nitrogens is 3. The summed E-state index contributed by atoms with van der Waals surface area (Å²) >= 11 is 0. The van der Waals surface area contributed by atoms with E-state index in [0.29, 0.717) is 0 Å². The van der Waals surface area contributed by atoms with Crippen molar-refractivity contribution < 1.29 is 4.42 Å². The molecule has 0 radical (unpaired) electrons. The highest BCUT2D eigenvalue weighted by Crippen LogP contribution is 1.93. The lowest BCUT2D eigenvalue weighted by Crippen LogP contribution is -1.99. The van der Waals surface area contributed by atoms with Crippen LogP contribution in [-0.4, -0.2) is 21.7 Å². The summed E-state index contributed by atoms with van der Waals surface area (Å²) in [6.45, 7) is 0.778. The fourth-order valence-corrected chi connectivity index (χ4v) is 1.07. The van der Waals surface area contributed by atoms with E-state index in [4.69, 9.17) is 0 Å². The minimum atomic E-state index is -0.269.